The zero-order valence-corrected chi connectivity index (χ0v) is 21.7. The van der Waals surface area contributed by atoms with Gasteiger partial charge in [-0.3, -0.25) is 4.79 Å². The zero-order valence-electron chi connectivity index (χ0n) is 20.2. The maximum absolute atomic E-state index is 12.8. The first-order chi connectivity index (χ1) is 17.9. The number of nitrogens with two attached hydrogens (primary N) is 1. The predicted molar refractivity (Wildman–Crippen MR) is 150 cm³/mol. The van der Waals surface area contributed by atoms with Crippen LogP contribution < -0.4 is 20.8 Å². The van der Waals surface area contributed by atoms with Crippen LogP contribution in [0, 0.1) is 6.92 Å². The van der Waals surface area contributed by atoms with Crippen molar-refractivity contribution in [3.63, 3.8) is 0 Å². The highest BCUT2D eigenvalue weighted by Crippen LogP contribution is 2.34. The first kappa shape index (κ1) is 26.0. The maximum atomic E-state index is 12.8. The van der Waals surface area contributed by atoms with Crippen molar-refractivity contribution >= 4 is 34.7 Å². The third-order valence-corrected chi connectivity index (χ3v) is 6.37. The Kier molecular flexibility index (Phi) is 8.60. The van der Waals surface area contributed by atoms with Crippen LogP contribution in [0.1, 0.15) is 16.7 Å². The summed E-state index contributed by atoms with van der Waals surface area (Å²) in [7, 11) is 1.51. The molecule has 0 bridgehead atoms. The van der Waals surface area contributed by atoms with Crippen molar-refractivity contribution in [3.8, 4) is 22.9 Å². The van der Waals surface area contributed by atoms with E-state index in [-0.39, 0.29) is 10.8 Å². The molecule has 188 valence electrons. The number of halogens is 1. The van der Waals surface area contributed by atoms with Gasteiger partial charge in [-0.05, 0) is 48.4 Å². The molecule has 0 spiro atoms. The van der Waals surface area contributed by atoms with Crippen molar-refractivity contribution in [1.82, 2.24) is 9.78 Å². The molecule has 0 aliphatic rings. The molecule has 0 saturated carbocycles. The Hall–Kier alpha value is -4.08. The van der Waals surface area contributed by atoms with Gasteiger partial charge in [0.05, 0.1) is 25.2 Å². The summed E-state index contributed by atoms with van der Waals surface area (Å²) in [5, 5.41) is 12.6. The number of methoxy groups -OCH3 is 1. The molecule has 3 aromatic carbocycles. The van der Waals surface area contributed by atoms with Crippen LogP contribution in [-0.4, -0.2) is 28.3 Å². The van der Waals surface area contributed by atoms with E-state index in [1.165, 1.54) is 29.8 Å². The summed E-state index contributed by atoms with van der Waals surface area (Å²) < 4.78 is 12.5. The first-order valence-electron chi connectivity index (χ1n) is 11.2. The van der Waals surface area contributed by atoms with Gasteiger partial charge in [0.15, 0.2) is 27.4 Å². The zero-order chi connectivity index (χ0) is 26.2. The molecular formula is C27H24ClN5O3S. The highest BCUT2D eigenvalue weighted by molar-refractivity contribution is 8.13. The van der Waals surface area contributed by atoms with Crippen molar-refractivity contribution in [2.24, 2.45) is 15.9 Å². The minimum Gasteiger partial charge on any atom is -0.493 e. The number of thioether (sulfide) groups is 1. The molecule has 0 saturated heterocycles. The minimum absolute atomic E-state index is 0.0962. The summed E-state index contributed by atoms with van der Waals surface area (Å²) in [5.74, 6) is 1.59. The second-order valence-electron chi connectivity index (χ2n) is 7.84. The van der Waals surface area contributed by atoms with E-state index >= 15 is 0 Å². The van der Waals surface area contributed by atoms with Crippen molar-refractivity contribution in [2.75, 3.05) is 7.11 Å². The fourth-order valence-electron chi connectivity index (χ4n) is 3.24. The SMILES string of the molecule is COc1cc(C=NN=C(N)SCc2ccccc2)ccc1Oc1cnn(-c2ccc(C)cc2)c(=O)c1Cl. The number of benzene rings is 3. The van der Waals surface area contributed by atoms with Gasteiger partial charge in [0.25, 0.3) is 5.56 Å². The molecule has 1 aromatic heterocycles. The topological polar surface area (TPSA) is 104 Å². The van der Waals surface area contributed by atoms with Crippen LogP contribution in [0.15, 0.2) is 94.0 Å². The van der Waals surface area contributed by atoms with Crippen molar-refractivity contribution in [2.45, 2.75) is 12.7 Å². The molecule has 0 fully saturated rings. The van der Waals surface area contributed by atoms with Gasteiger partial charge in [-0.1, -0.05) is 71.4 Å². The highest BCUT2D eigenvalue weighted by atomic mass is 35.5. The Labute approximate surface area is 223 Å². The lowest BCUT2D eigenvalue weighted by Gasteiger charge is -2.12. The number of hydrogen-bond acceptors (Lipinski definition) is 7. The molecule has 4 aromatic rings. The van der Waals surface area contributed by atoms with Gasteiger partial charge >= 0.3 is 0 Å². The molecule has 0 atom stereocenters. The molecule has 8 nitrogen and oxygen atoms in total. The molecule has 0 aliphatic heterocycles. The second-order valence-corrected chi connectivity index (χ2v) is 9.22. The second kappa shape index (κ2) is 12.2. The number of rotatable bonds is 8. The average Bonchev–Trinajstić information content (AvgIpc) is 2.92. The van der Waals surface area contributed by atoms with E-state index in [0.717, 1.165) is 11.1 Å². The molecular weight excluding hydrogens is 510 g/mol. The van der Waals surface area contributed by atoms with Gasteiger partial charge < -0.3 is 15.2 Å². The quantitative estimate of drug-likeness (QED) is 0.180. The van der Waals surface area contributed by atoms with E-state index in [1.54, 1.807) is 36.5 Å². The van der Waals surface area contributed by atoms with E-state index in [9.17, 15) is 4.79 Å². The van der Waals surface area contributed by atoms with Gasteiger partial charge in [0, 0.05) is 5.75 Å². The average molecular weight is 534 g/mol. The maximum Gasteiger partial charge on any atom is 0.294 e. The third kappa shape index (κ3) is 6.78. The minimum atomic E-state index is -0.494. The lowest BCUT2D eigenvalue weighted by atomic mass is 10.2. The smallest absolute Gasteiger partial charge is 0.294 e. The fraction of sp³-hybridized carbons (Fsp3) is 0.111. The summed E-state index contributed by atoms with van der Waals surface area (Å²) in [6, 6.07) is 22.5. The first-order valence-corrected chi connectivity index (χ1v) is 12.5. The predicted octanol–water partition coefficient (Wildman–Crippen LogP) is 5.58. The number of amidine groups is 1. The normalized spacial score (nSPS) is 11.6. The lowest BCUT2D eigenvalue weighted by Crippen LogP contribution is -2.21. The summed E-state index contributed by atoms with van der Waals surface area (Å²) in [6.45, 7) is 1.96. The number of aryl methyl sites for hydroxylation is 1. The number of ether oxygens (including phenoxy) is 2. The molecule has 1 heterocycles. The Bertz CT molecular complexity index is 1490. The molecule has 0 unspecified atom stereocenters. The van der Waals surface area contributed by atoms with Crippen LogP contribution in [-0.2, 0) is 5.75 Å². The summed E-state index contributed by atoms with van der Waals surface area (Å²) in [6.07, 6.45) is 2.95. The number of nitrogens with zero attached hydrogens (tertiary/aromatic N) is 4. The van der Waals surface area contributed by atoms with Crippen molar-refractivity contribution < 1.29 is 9.47 Å². The van der Waals surface area contributed by atoms with Crippen LogP contribution in [0.3, 0.4) is 0 Å². The largest absolute Gasteiger partial charge is 0.493 e. The third-order valence-electron chi connectivity index (χ3n) is 5.17. The van der Waals surface area contributed by atoms with E-state index in [1.807, 2.05) is 49.4 Å². The number of hydrogen-bond donors (Lipinski definition) is 1. The van der Waals surface area contributed by atoms with E-state index < -0.39 is 5.56 Å². The van der Waals surface area contributed by atoms with Crippen LogP contribution in [0.25, 0.3) is 5.69 Å². The van der Waals surface area contributed by atoms with Crippen LogP contribution in [0.4, 0.5) is 0 Å². The molecule has 10 heteroatoms. The fourth-order valence-corrected chi connectivity index (χ4v) is 4.02. The van der Waals surface area contributed by atoms with Crippen LogP contribution in [0.5, 0.6) is 17.2 Å². The van der Waals surface area contributed by atoms with E-state index in [2.05, 4.69) is 15.3 Å². The summed E-state index contributed by atoms with van der Waals surface area (Å²) in [4.78, 5) is 12.8. The summed E-state index contributed by atoms with van der Waals surface area (Å²) >= 11 is 7.73. The van der Waals surface area contributed by atoms with Crippen molar-refractivity contribution in [1.29, 1.82) is 0 Å². The Morgan fingerprint density at radius 1 is 1.08 bits per heavy atom. The molecule has 4 rings (SSSR count). The standard InChI is InChI=1S/C27H24ClN5O3S/c1-18-8-11-21(12-9-18)33-26(34)25(28)24(16-31-33)36-22-13-10-20(14-23(22)35-2)15-30-32-27(29)37-17-19-6-4-3-5-7-19/h3-16H,17H2,1-2H3,(H2,29,32). The van der Waals surface area contributed by atoms with Crippen LogP contribution in [0.2, 0.25) is 5.02 Å². The molecule has 37 heavy (non-hydrogen) atoms. The van der Waals surface area contributed by atoms with Crippen LogP contribution >= 0.6 is 23.4 Å². The van der Waals surface area contributed by atoms with E-state index in [4.69, 9.17) is 26.8 Å². The molecule has 2 N–H and O–H groups in total. The molecule has 0 amide bonds. The van der Waals surface area contributed by atoms with Gasteiger partial charge in [0.2, 0.25) is 0 Å². The summed E-state index contributed by atoms with van der Waals surface area (Å²) in [5.41, 5.74) is 8.99. The molecule has 0 aliphatic carbocycles. The Balaban J connectivity index is 1.46. The monoisotopic (exact) mass is 533 g/mol. The lowest BCUT2D eigenvalue weighted by molar-refractivity contribution is 0.377. The van der Waals surface area contributed by atoms with Crippen molar-refractivity contribution in [3.05, 3.63) is 111 Å². The van der Waals surface area contributed by atoms with E-state index in [0.29, 0.717) is 33.7 Å². The highest BCUT2D eigenvalue weighted by Gasteiger charge is 2.15. The van der Waals surface area contributed by atoms with Gasteiger partial charge in [-0.15, -0.1) is 5.10 Å². The van der Waals surface area contributed by atoms with Gasteiger partial charge in [-0.2, -0.15) is 14.9 Å². The Morgan fingerprint density at radius 2 is 1.84 bits per heavy atom. The molecule has 0 radical (unpaired) electrons. The van der Waals surface area contributed by atoms with Gasteiger partial charge in [0.1, 0.15) is 0 Å². The van der Waals surface area contributed by atoms with Gasteiger partial charge in [-0.25, -0.2) is 0 Å². The Morgan fingerprint density at radius 3 is 2.57 bits per heavy atom. The number of aromatic nitrogens is 2.